The summed E-state index contributed by atoms with van der Waals surface area (Å²) in [5, 5.41) is 3.50. The number of likely N-dealkylation sites (tertiary alicyclic amines) is 1. The van der Waals surface area contributed by atoms with Crippen molar-refractivity contribution in [3.63, 3.8) is 0 Å². The van der Waals surface area contributed by atoms with E-state index in [9.17, 15) is 0 Å². The fourth-order valence-electron chi connectivity index (χ4n) is 3.57. The Balaban J connectivity index is 0.00000208. The lowest BCUT2D eigenvalue weighted by atomic mass is 9.87. The van der Waals surface area contributed by atoms with Gasteiger partial charge in [0.2, 0.25) is 0 Å². The molecule has 5 nitrogen and oxygen atoms in total. The second-order valence-corrected chi connectivity index (χ2v) is 6.55. The van der Waals surface area contributed by atoms with E-state index in [4.69, 9.17) is 9.47 Å². The third-order valence-electron chi connectivity index (χ3n) is 4.97. The number of guanidine groups is 1. The number of methoxy groups -OCH3 is 1. The van der Waals surface area contributed by atoms with Gasteiger partial charge < -0.3 is 19.7 Å². The van der Waals surface area contributed by atoms with Crippen LogP contribution < -0.4 is 10.1 Å². The highest BCUT2D eigenvalue weighted by Crippen LogP contribution is 2.38. The fourth-order valence-corrected chi connectivity index (χ4v) is 3.57. The van der Waals surface area contributed by atoms with E-state index in [1.54, 1.807) is 7.11 Å². The number of hydrogen-bond donors (Lipinski definition) is 1. The number of rotatable bonds is 4. The summed E-state index contributed by atoms with van der Waals surface area (Å²) in [6.07, 6.45) is 3.35. The maximum absolute atomic E-state index is 5.61. The van der Waals surface area contributed by atoms with E-state index >= 15 is 0 Å². The predicted octanol–water partition coefficient (Wildman–Crippen LogP) is 2.54. The molecule has 6 heteroatoms. The van der Waals surface area contributed by atoms with Crippen LogP contribution in [0.25, 0.3) is 0 Å². The Bertz CT molecular complexity index is 559. The van der Waals surface area contributed by atoms with Gasteiger partial charge in [0.1, 0.15) is 5.75 Å². The lowest BCUT2D eigenvalue weighted by Gasteiger charge is -2.25. The second kappa shape index (κ2) is 8.89. The first-order valence-electron chi connectivity index (χ1n) is 8.41. The molecule has 24 heavy (non-hydrogen) atoms. The van der Waals surface area contributed by atoms with Crippen molar-refractivity contribution in [2.45, 2.75) is 19.3 Å². The van der Waals surface area contributed by atoms with Crippen molar-refractivity contribution in [3.05, 3.63) is 29.8 Å². The summed E-state index contributed by atoms with van der Waals surface area (Å²) >= 11 is 0. The fraction of sp³-hybridized carbons (Fsp3) is 0.611. The molecule has 3 rings (SSSR count). The Labute approximate surface area is 161 Å². The monoisotopic (exact) mass is 445 g/mol. The van der Waals surface area contributed by atoms with E-state index in [0.717, 1.165) is 51.0 Å². The van der Waals surface area contributed by atoms with Crippen LogP contribution in [0.4, 0.5) is 0 Å². The van der Waals surface area contributed by atoms with E-state index in [1.165, 1.54) is 18.4 Å². The molecule has 1 atom stereocenters. The summed E-state index contributed by atoms with van der Waals surface area (Å²) in [6.45, 7) is 4.83. The molecule has 2 saturated heterocycles. The molecular weight excluding hydrogens is 417 g/mol. The highest BCUT2D eigenvalue weighted by Gasteiger charge is 2.42. The van der Waals surface area contributed by atoms with Crippen molar-refractivity contribution in [2.75, 3.05) is 47.0 Å². The van der Waals surface area contributed by atoms with E-state index in [0.29, 0.717) is 5.41 Å². The van der Waals surface area contributed by atoms with E-state index in [1.807, 2.05) is 19.2 Å². The number of hydrogen-bond acceptors (Lipinski definition) is 3. The van der Waals surface area contributed by atoms with Gasteiger partial charge in [0.05, 0.1) is 13.7 Å². The zero-order valence-corrected chi connectivity index (χ0v) is 16.9. The minimum Gasteiger partial charge on any atom is -0.497 e. The molecule has 2 aliphatic rings. The Hall–Kier alpha value is -1.02. The molecule has 1 aromatic carbocycles. The van der Waals surface area contributed by atoms with Crippen molar-refractivity contribution in [2.24, 2.45) is 10.4 Å². The van der Waals surface area contributed by atoms with Crippen LogP contribution in [0.2, 0.25) is 0 Å². The Morgan fingerprint density at radius 2 is 2.29 bits per heavy atom. The number of nitrogens with zero attached hydrogens (tertiary/aromatic N) is 2. The molecule has 1 spiro atoms. The second-order valence-electron chi connectivity index (χ2n) is 6.55. The molecule has 1 N–H and O–H groups in total. The van der Waals surface area contributed by atoms with Gasteiger partial charge in [0.15, 0.2) is 5.96 Å². The molecule has 2 heterocycles. The largest absolute Gasteiger partial charge is 0.497 e. The van der Waals surface area contributed by atoms with Gasteiger partial charge in [-0.2, -0.15) is 0 Å². The minimum absolute atomic E-state index is 0. The third-order valence-corrected chi connectivity index (χ3v) is 4.97. The zero-order chi connectivity index (χ0) is 16.1. The van der Waals surface area contributed by atoms with Crippen LogP contribution in [-0.2, 0) is 11.2 Å². The highest BCUT2D eigenvalue weighted by molar-refractivity contribution is 14.0. The smallest absolute Gasteiger partial charge is 0.193 e. The molecular formula is C18H28IN3O2. The standard InChI is InChI=1S/C18H27N3O2.HI/c1-19-17(21-10-7-18(13-21)8-11-23-14-18)20-9-6-15-4-3-5-16(12-15)22-2;/h3-5,12H,6-11,13-14H2,1-2H3,(H,19,20);1H. The van der Waals surface area contributed by atoms with Crippen molar-refractivity contribution in [1.29, 1.82) is 0 Å². The summed E-state index contributed by atoms with van der Waals surface area (Å²) in [5.74, 6) is 1.92. The van der Waals surface area contributed by atoms with Gasteiger partial charge in [-0.05, 0) is 37.0 Å². The molecule has 0 aliphatic carbocycles. The van der Waals surface area contributed by atoms with Gasteiger partial charge in [0, 0.05) is 38.7 Å². The van der Waals surface area contributed by atoms with Crippen molar-refractivity contribution < 1.29 is 9.47 Å². The highest BCUT2D eigenvalue weighted by atomic mass is 127. The van der Waals surface area contributed by atoms with Gasteiger partial charge in [-0.25, -0.2) is 0 Å². The van der Waals surface area contributed by atoms with Crippen LogP contribution >= 0.6 is 24.0 Å². The first-order valence-corrected chi connectivity index (χ1v) is 8.41. The Kier molecular flexibility index (Phi) is 7.16. The van der Waals surface area contributed by atoms with Crippen LogP contribution in [0.15, 0.2) is 29.3 Å². The molecule has 2 aliphatic heterocycles. The SMILES string of the molecule is CN=C(NCCc1cccc(OC)c1)N1CCC2(CCOC2)C1.I. The number of halogens is 1. The maximum Gasteiger partial charge on any atom is 0.193 e. The topological polar surface area (TPSA) is 46.1 Å². The molecule has 0 saturated carbocycles. The normalized spacial score (nSPS) is 23.4. The molecule has 0 aromatic heterocycles. The predicted molar refractivity (Wildman–Crippen MR) is 108 cm³/mol. The Morgan fingerprint density at radius 3 is 3.00 bits per heavy atom. The Morgan fingerprint density at radius 1 is 1.42 bits per heavy atom. The van der Waals surface area contributed by atoms with Gasteiger partial charge in [-0.1, -0.05) is 12.1 Å². The number of ether oxygens (including phenoxy) is 2. The average Bonchev–Trinajstić information content (AvgIpc) is 3.22. The van der Waals surface area contributed by atoms with Crippen LogP contribution in [0.3, 0.4) is 0 Å². The van der Waals surface area contributed by atoms with Crippen molar-refractivity contribution in [3.8, 4) is 5.75 Å². The summed E-state index contributed by atoms with van der Waals surface area (Å²) < 4.78 is 10.9. The van der Waals surface area contributed by atoms with Crippen LogP contribution in [0.1, 0.15) is 18.4 Å². The quantitative estimate of drug-likeness (QED) is 0.440. The van der Waals surface area contributed by atoms with E-state index in [-0.39, 0.29) is 24.0 Å². The number of aliphatic imine (C=N–C) groups is 1. The van der Waals surface area contributed by atoms with Crippen molar-refractivity contribution in [1.82, 2.24) is 10.2 Å². The molecule has 0 bridgehead atoms. The minimum atomic E-state index is 0. The number of nitrogens with one attached hydrogen (secondary N) is 1. The van der Waals surface area contributed by atoms with Crippen LogP contribution in [0, 0.1) is 5.41 Å². The summed E-state index contributed by atoms with van der Waals surface area (Å²) in [5.41, 5.74) is 1.64. The first-order chi connectivity index (χ1) is 11.2. The van der Waals surface area contributed by atoms with Crippen LogP contribution in [0.5, 0.6) is 5.75 Å². The zero-order valence-electron chi connectivity index (χ0n) is 14.6. The maximum atomic E-state index is 5.61. The van der Waals surface area contributed by atoms with Gasteiger partial charge in [0.25, 0.3) is 0 Å². The van der Waals surface area contributed by atoms with Gasteiger partial charge >= 0.3 is 0 Å². The summed E-state index contributed by atoms with van der Waals surface area (Å²) in [7, 11) is 3.57. The molecule has 134 valence electrons. The summed E-state index contributed by atoms with van der Waals surface area (Å²) in [4.78, 5) is 6.83. The average molecular weight is 445 g/mol. The molecule has 1 unspecified atom stereocenters. The van der Waals surface area contributed by atoms with Crippen LogP contribution in [-0.4, -0.2) is 57.9 Å². The third kappa shape index (κ3) is 4.53. The molecule has 1 aromatic rings. The molecule has 0 amide bonds. The first kappa shape index (κ1) is 19.3. The van der Waals surface area contributed by atoms with Gasteiger partial charge in [-0.15, -0.1) is 24.0 Å². The molecule has 2 fully saturated rings. The lowest BCUT2D eigenvalue weighted by molar-refractivity contribution is 0.156. The van der Waals surface area contributed by atoms with E-state index in [2.05, 4.69) is 27.3 Å². The summed E-state index contributed by atoms with van der Waals surface area (Å²) in [6, 6.07) is 8.23. The number of benzene rings is 1. The van der Waals surface area contributed by atoms with E-state index < -0.39 is 0 Å². The van der Waals surface area contributed by atoms with Gasteiger partial charge in [-0.3, -0.25) is 4.99 Å². The molecule has 0 radical (unpaired) electrons. The van der Waals surface area contributed by atoms with Crippen molar-refractivity contribution >= 4 is 29.9 Å². The lowest BCUT2D eigenvalue weighted by Crippen LogP contribution is -2.42.